The highest BCUT2D eigenvalue weighted by molar-refractivity contribution is 6.00. The summed E-state index contributed by atoms with van der Waals surface area (Å²) in [6.07, 6.45) is 0. The van der Waals surface area contributed by atoms with Gasteiger partial charge < -0.3 is 10.6 Å². The van der Waals surface area contributed by atoms with Gasteiger partial charge in [-0.2, -0.15) is 0 Å². The Morgan fingerprint density at radius 3 is 1.84 bits per heavy atom. The van der Waals surface area contributed by atoms with Crippen LogP contribution in [0.4, 0.5) is 11.4 Å². The van der Waals surface area contributed by atoms with Gasteiger partial charge in [-0.1, -0.05) is 33.8 Å². The van der Waals surface area contributed by atoms with Crippen LogP contribution in [0.15, 0.2) is 18.2 Å². The van der Waals surface area contributed by atoms with Crippen molar-refractivity contribution >= 4 is 23.2 Å². The number of rotatable bonds is 4. The van der Waals surface area contributed by atoms with E-state index in [1.165, 1.54) is 0 Å². The molecule has 0 saturated heterocycles. The van der Waals surface area contributed by atoms with E-state index in [1.54, 1.807) is 0 Å². The van der Waals surface area contributed by atoms with Crippen LogP contribution < -0.4 is 10.6 Å². The van der Waals surface area contributed by atoms with Gasteiger partial charge in [-0.05, 0) is 24.6 Å². The summed E-state index contributed by atoms with van der Waals surface area (Å²) < 4.78 is 0. The predicted molar refractivity (Wildman–Crippen MR) is 78.1 cm³/mol. The normalized spacial score (nSPS) is 10.7. The molecule has 0 heterocycles. The van der Waals surface area contributed by atoms with Crippen LogP contribution in [0, 0.1) is 18.8 Å². The zero-order valence-electron chi connectivity index (χ0n) is 12.2. The molecular formula is C15H22N2O2. The highest BCUT2D eigenvalue weighted by Gasteiger charge is 2.13. The first-order chi connectivity index (χ1) is 8.81. The summed E-state index contributed by atoms with van der Waals surface area (Å²) in [5.41, 5.74) is 2.31. The molecule has 1 rings (SSSR count). The van der Waals surface area contributed by atoms with Crippen LogP contribution in [0.5, 0.6) is 0 Å². The predicted octanol–water partition coefficient (Wildman–Crippen LogP) is 3.18. The Morgan fingerprint density at radius 2 is 1.37 bits per heavy atom. The molecule has 0 aliphatic rings. The van der Waals surface area contributed by atoms with Crippen molar-refractivity contribution in [2.45, 2.75) is 34.6 Å². The van der Waals surface area contributed by atoms with Crippen LogP contribution in [-0.2, 0) is 9.59 Å². The third kappa shape index (κ3) is 4.39. The molecule has 0 fully saturated rings. The monoisotopic (exact) mass is 262 g/mol. The Hall–Kier alpha value is -1.84. The standard InChI is InChI=1S/C15H22N2O2/c1-9(2)14(18)16-12-7-6-11(5)8-13(12)17-15(19)10(3)4/h6-10H,1-5H3,(H,16,18)(H,17,19). The minimum Gasteiger partial charge on any atom is -0.324 e. The van der Waals surface area contributed by atoms with Crippen LogP contribution >= 0.6 is 0 Å². The first kappa shape index (κ1) is 15.2. The lowest BCUT2D eigenvalue weighted by Gasteiger charge is -2.15. The molecule has 0 spiro atoms. The lowest BCUT2D eigenvalue weighted by Crippen LogP contribution is -2.22. The van der Waals surface area contributed by atoms with Crippen molar-refractivity contribution in [1.82, 2.24) is 0 Å². The molecule has 0 atom stereocenters. The summed E-state index contributed by atoms with van der Waals surface area (Å²) in [5.74, 6) is -0.335. The summed E-state index contributed by atoms with van der Waals surface area (Å²) in [6.45, 7) is 9.26. The minimum absolute atomic E-state index is 0.0642. The largest absolute Gasteiger partial charge is 0.324 e. The SMILES string of the molecule is Cc1ccc(NC(=O)C(C)C)c(NC(=O)C(C)C)c1. The maximum Gasteiger partial charge on any atom is 0.226 e. The molecule has 1 aromatic carbocycles. The van der Waals surface area contributed by atoms with Gasteiger partial charge in [-0.25, -0.2) is 0 Å². The fourth-order valence-electron chi connectivity index (χ4n) is 1.42. The Bertz CT molecular complexity index is 479. The van der Waals surface area contributed by atoms with Gasteiger partial charge in [-0.3, -0.25) is 9.59 Å². The Labute approximate surface area is 114 Å². The molecule has 1 aromatic rings. The van der Waals surface area contributed by atoms with Crippen molar-refractivity contribution in [2.75, 3.05) is 10.6 Å². The topological polar surface area (TPSA) is 58.2 Å². The Balaban J connectivity index is 2.98. The zero-order chi connectivity index (χ0) is 14.6. The van der Waals surface area contributed by atoms with E-state index in [2.05, 4.69) is 10.6 Å². The van der Waals surface area contributed by atoms with Crippen LogP contribution in [-0.4, -0.2) is 11.8 Å². The van der Waals surface area contributed by atoms with Crippen LogP contribution in [0.2, 0.25) is 0 Å². The molecule has 0 aromatic heterocycles. The summed E-state index contributed by atoms with van der Waals surface area (Å²) in [6, 6.07) is 5.57. The number of carbonyl (C=O) groups is 2. The van der Waals surface area contributed by atoms with Crippen molar-refractivity contribution in [3.8, 4) is 0 Å². The van der Waals surface area contributed by atoms with Gasteiger partial charge in [-0.15, -0.1) is 0 Å². The van der Waals surface area contributed by atoms with E-state index < -0.39 is 0 Å². The summed E-state index contributed by atoms with van der Waals surface area (Å²) in [5, 5.41) is 5.67. The first-order valence-corrected chi connectivity index (χ1v) is 6.53. The molecule has 2 N–H and O–H groups in total. The van der Waals surface area contributed by atoms with Crippen LogP contribution in [0.3, 0.4) is 0 Å². The maximum absolute atomic E-state index is 11.8. The van der Waals surface area contributed by atoms with Crippen molar-refractivity contribution in [3.05, 3.63) is 23.8 Å². The van der Waals surface area contributed by atoms with Gasteiger partial charge >= 0.3 is 0 Å². The summed E-state index contributed by atoms with van der Waals surface area (Å²) in [7, 11) is 0. The van der Waals surface area contributed by atoms with E-state index in [4.69, 9.17) is 0 Å². The van der Waals surface area contributed by atoms with Crippen molar-refractivity contribution in [3.63, 3.8) is 0 Å². The Kier molecular flexibility index (Phi) is 5.10. The molecule has 19 heavy (non-hydrogen) atoms. The third-order valence-electron chi connectivity index (χ3n) is 2.74. The quantitative estimate of drug-likeness (QED) is 0.875. The number of aryl methyl sites for hydroxylation is 1. The van der Waals surface area contributed by atoms with Gasteiger partial charge in [0.05, 0.1) is 11.4 Å². The highest BCUT2D eigenvalue weighted by Crippen LogP contribution is 2.24. The number of amides is 2. The van der Waals surface area contributed by atoms with E-state index in [-0.39, 0.29) is 23.7 Å². The molecule has 0 saturated carbocycles. The number of nitrogens with one attached hydrogen (secondary N) is 2. The smallest absolute Gasteiger partial charge is 0.226 e. The lowest BCUT2D eigenvalue weighted by atomic mass is 10.1. The summed E-state index contributed by atoms with van der Waals surface area (Å²) >= 11 is 0. The second kappa shape index (κ2) is 6.36. The molecule has 4 heteroatoms. The fraction of sp³-hybridized carbons (Fsp3) is 0.467. The second-order valence-corrected chi connectivity index (χ2v) is 5.34. The van der Waals surface area contributed by atoms with Gasteiger partial charge in [0, 0.05) is 11.8 Å². The molecule has 0 aliphatic heterocycles. The van der Waals surface area contributed by atoms with Crippen LogP contribution in [0.1, 0.15) is 33.3 Å². The molecule has 0 unspecified atom stereocenters. The highest BCUT2D eigenvalue weighted by atomic mass is 16.2. The number of anilines is 2. The molecule has 0 radical (unpaired) electrons. The number of carbonyl (C=O) groups excluding carboxylic acids is 2. The van der Waals surface area contributed by atoms with Gasteiger partial charge in [0.25, 0.3) is 0 Å². The first-order valence-electron chi connectivity index (χ1n) is 6.53. The van der Waals surface area contributed by atoms with E-state index in [0.717, 1.165) is 5.56 Å². The Morgan fingerprint density at radius 1 is 0.895 bits per heavy atom. The van der Waals surface area contributed by atoms with Crippen molar-refractivity contribution in [2.24, 2.45) is 11.8 Å². The van der Waals surface area contributed by atoms with E-state index >= 15 is 0 Å². The number of benzene rings is 1. The average molecular weight is 262 g/mol. The molecule has 0 bridgehead atoms. The number of hydrogen-bond acceptors (Lipinski definition) is 2. The second-order valence-electron chi connectivity index (χ2n) is 5.34. The average Bonchev–Trinajstić information content (AvgIpc) is 2.32. The fourth-order valence-corrected chi connectivity index (χ4v) is 1.42. The summed E-state index contributed by atoms with van der Waals surface area (Å²) in [4.78, 5) is 23.5. The molecular weight excluding hydrogens is 240 g/mol. The van der Waals surface area contributed by atoms with Gasteiger partial charge in [0.15, 0.2) is 0 Å². The molecule has 104 valence electrons. The van der Waals surface area contributed by atoms with Gasteiger partial charge in [0.2, 0.25) is 11.8 Å². The van der Waals surface area contributed by atoms with Gasteiger partial charge in [0.1, 0.15) is 0 Å². The van der Waals surface area contributed by atoms with Crippen molar-refractivity contribution in [1.29, 1.82) is 0 Å². The zero-order valence-corrected chi connectivity index (χ0v) is 12.2. The van der Waals surface area contributed by atoms with Crippen LogP contribution in [0.25, 0.3) is 0 Å². The molecule has 0 aliphatic carbocycles. The third-order valence-corrected chi connectivity index (χ3v) is 2.74. The molecule has 2 amide bonds. The minimum atomic E-state index is -0.103. The van der Waals surface area contributed by atoms with Crippen molar-refractivity contribution < 1.29 is 9.59 Å². The van der Waals surface area contributed by atoms with E-state index in [1.807, 2.05) is 52.8 Å². The lowest BCUT2D eigenvalue weighted by molar-refractivity contribution is -0.119. The number of hydrogen-bond donors (Lipinski definition) is 2. The maximum atomic E-state index is 11.8. The molecule has 4 nitrogen and oxygen atoms in total. The van der Waals surface area contributed by atoms with E-state index in [0.29, 0.717) is 11.4 Å². The van der Waals surface area contributed by atoms with E-state index in [9.17, 15) is 9.59 Å².